The van der Waals surface area contributed by atoms with Gasteiger partial charge in [-0.25, -0.2) is 6.57 Å². The molecule has 2 nitrogen and oxygen atoms in total. The van der Waals surface area contributed by atoms with E-state index in [4.69, 9.17) is 11.3 Å². The molecular weight excluding hydrogens is 302 g/mol. The van der Waals surface area contributed by atoms with Crippen LogP contribution in [0, 0.1) is 6.57 Å². The van der Waals surface area contributed by atoms with Crippen LogP contribution in [-0.4, -0.2) is 0 Å². The Balaban J connectivity index is 2.18. The van der Waals surface area contributed by atoms with E-state index >= 15 is 0 Å². The van der Waals surface area contributed by atoms with Gasteiger partial charge in [0.05, 0.1) is 5.56 Å². The van der Waals surface area contributed by atoms with Crippen molar-refractivity contribution in [1.29, 1.82) is 0 Å². The first-order valence-corrected chi connectivity index (χ1v) is 6.82. The summed E-state index contributed by atoms with van der Waals surface area (Å²) in [5.41, 5.74) is 2.03. The fraction of sp³-hybridized carbons (Fsp3) is 0.188. The van der Waals surface area contributed by atoms with Gasteiger partial charge in [-0.1, -0.05) is 46.3 Å². The highest BCUT2D eigenvalue weighted by Gasteiger charge is 2.15. The van der Waals surface area contributed by atoms with Crippen molar-refractivity contribution in [3.8, 4) is 5.75 Å². The van der Waals surface area contributed by atoms with Gasteiger partial charge in [0.25, 0.3) is 0 Å². The fourth-order valence-electron chi connectivity index (χ4n) is 1.78. The molecule has 0 N–H and O–H groups in total. The summed E-state index contributed by atoms with van der Waals surface area (Å²) < 4.78 is 6.80. The summed E-state index contributed by atoms with van der Waals surface area (Å²) >= 11 is 3.43. The molecule has 19 heavy (non-hydrogen) atoms. The van der Waals surface area contributed by atoms with Crippen molar-refractivity contribution < 1.29 is 4.74 Å². The van der Waals surface area contributed by atoms with E-state index in [0.29, 0.717) is 6.61 Å². The zero-order valence-electron chi connectivity index (χ0n) is 10.6. The molecule has 0 spiro atoms. The smallest absolute Gasteiger partial charge is 0.249 e. The van der Waals surface area contributed by atoms with Crippen molar-refractivity contribution in [2.45, 2.75) is 19.6 Å². The first-order chi connectivity index (χ1) is 9.20. The third-order valence-corrected chi connectivity index (χ3v) is 3.35. The summed E-state index contributed by atoms with van der Waals surface area (Å²) in [6.07, 6.45) is 0. The minimum atomic E-state index is -0.205. The molecule has 2 aromatic carbocycles. The van der Waals surface area contributed by atoms with Gasteiger partial charge in [-0.3, -0.25) is 0 Å². The van der Waals surface area contributed by atoms with Crippen LogP contribution in [0.3, 0.4) is 0 Å². The summed E-state index contributed by atoms with van der Waals surface area (Å²) in [5.74, 6) is 0.774. The van der Waals surface area contributed by atoms with Crippen LogP contribution in [0.15, 0.2) is 53.0 Å². The van der Waals surface area contributed by atoms with E-state index in [1.165, 1.54) is 0 Å². The van der Waals surface area contributed by atoms with Gasteiger partial charge in [-0.2, -0.15) is 0 Å². The fourth-order valence-corrected chi connectivity index (χ4v) is 2.16. The standard InChI is InChI=1S/C16H14BrNO/c1-12(18-2)15-10-14(17)8-9-16(15)19-11-13-6-4-3-5-7-13/h3-10,12H,11H2,1H3. The molecule has 0 saturated carbocycles. The van der Waals surface area contributed by atoms with Crippen LogP contribution < -0.4 is 4.74 Å². The summed E-state index contributed by atoms with van der Waals surface area (Å²) in [7, 11) is 0. The minimum Gasteiger partial charge on any atom is -0.488 e. The second kappa shape index (κ2) is 6.40. The number of hydrogen-bond acceptors (Lipinski definition) is 1. The van der Waals surface area contributed by atoms with Crippen molar-refractivity contribution in [1.82, 2.24) is 0 Å². The maximum absolute atomic E-state index is 7.16. The van der Waals surface area contributed by atoms with Crippen LogP contribution in [-0.2, 0) is 6.61 Å². The molecule has 0 heterocycles. The predicted octanol–water partition coefficient (Wildman–Crippen LogP) is 5.01. The lowest BCUT2D eigenvalue weighted by molar-refractivity contribution is 0.302. The van der Waals surface area contributed by atoms with E-state index < -0.39 is 0 Å². The number of ether oxygens (including phenoxy) is 1. The summed E-state index contributed by atoms with van der Waals surface area (Å²) in [6, 6.07) is 15.6. The molecule has 0 bridgehead atoms. The summed E-state index contributed by atoms with van der Waals surface area (Å²) in [5, 5.41) is 0. The highest BCUT2D eigenvalue weighted by atomic mass is 79.9. The molecule has 2 aromatic rings. The van der Waals surface area contributed by atoms with E-state index in [1.54, 1.807) is 0 Å². The second-order valence-electron chi connectivity index (χ2n) is 4.26. The monoisotopic (exact) mass is 315 g/mol. The van der Waals surface area contributed by atoms with Gasteiger partial charge in [0.2, 0.25) is 6.04 Å². The Morgan fingerprint density at radius 2 is 1.95 bits per heavy atom. The highest BCUT2D eigenvalue weighted by Crippen LogP contribution is 2.31. The van der Waals surface area contributed by atoms with Crippen LogP contribution in [0.1, 0.15) is 24.1 Å². The molecule has 0 aliphatic rings. The molecule has 0 aliphatic heterocycles. The van der Waals surface area contributed by atoms with Gasteiger partial charge in [0.1, 0.15) is 12.4 Å². The Morgan fingerprint density at radius 3 is 2.63 bits per heavy atom. The summed E-state index contributed by atoms with van der Waals surface area (Å²) in [6.45, 7) is 9.56. The largest absolute Gasteiger partial charge is 0.488 e. The zero-order valence-corrected chi connectivity index (χ0v) is 12.2. The molecule has 0 fully saturated rings. The first-order valence-electron chi connectivity index (χ1n) is 6.03. The van der Waals surface area contributed by atoms with Crippen LogP contribution in [0.25, 0.3) is 4.85 Å². The van der Waals surface area contributed by atoms with Gasteiger partial charge >= 0.3 is 0 Å². The molecule has 0 saturated heterocycles. The molecule has 1 atom stereocenters. The maximum atomic E-state index is 7.16. The second-order valence-corrected chi connectivity index (χ2v) is 5.18. The van der Waals surface area contributed by atoms with E-state index in [9.17, 15) is 0 Å². The van der Waals surface area contributed by atoms with Gasteiger partial charge in [0, 0.05) is 11.4 Å². The average Bonchev–Trinajstić information content (AvgIpc) is 2.46. The van der Waals surface area contributed by atoms with Crippen molar-refractivity contribution in [3.05, 3.63) is 75.5 Å². The predicted molar refractivity (Wildman–Crippen MR) is 79.9 cm³/mol. The number of rotatable bonds is 4. The molecule has 3 heteroatoms. The number of nitrogens with zero attached hydrogens (tertiary/aromatic N) is 1. The van der Waals surface area contributed by atoms with E-state index in [1.807, 2.05) is 55.5 Å². The molecule has 96 valence electrons. The Hall–Kier alpha value is -1.79. The van der Waals surface area contributed by atoms with Crippen LogP contribution in [0.2, 0.25) is 0 Å². The normalized spacial score (nSPS) is 11.6. The summed E-state index contributed by atoms with van der Waals surface area (Å²) in [4.78, 5) is 3.56. The van der Waals surface area contributed by atoms with Gasteiger partial charge < -0.3 is 9.58 Å². The third kappa shape index (κ3) is 3.59. The van der Waals surface area contributed by atoms with E-state index in [2.05, 4.69) is 20.8 Å². The Morgan fingerprint density at radius 1 is 1.21 bits per heavy atom. The molecule has 0 aliphatic carbocycles. The number of hydrogen-bond donors (Lipinski definition) is 0. The van der Waals surface area contributed by atoms with Crippen molar-refractivity contribution in [2.24, 2.45) is 0 Å². The molecular formula is C16H14BrNO. The molecule has 0 radical (unpaired) electrons. The number of halogens is 1. The highest BCUT2D eigenvalue weighted by molar-refractivity contribution is 9.10. The SMILES string of the molecule is [C-]#[N+]C(C)c1cc(Br)ccc1OCc1ccccc1. The molecule has 0 amide bonds. The average molecular weight is 316 g/mol. The van der Waals surface area contributed by atoms with Crippen molar-refractivity contribution in [3.63, 3.8) is 0 Å². The van der Waals surface area contributed by atoms with Gasteiger partial charge in [-0.15, -0.1) is 0 Å². The van der Waals surface area contributed by atoms with Crippen molar-refractivity contribution >= 4 is 15.9 Å². The molecule has 1 unspecified atom stereocenters. The quantitative estimate of drug-likeness (QED) is 0.723. The zero-order chi connectivity index (χ0) is 13.7. The Labute approximate surface area is 122 Å². The Bertz CT molecular complexity index is 589. The lowest BCUT2D eigenvalue weighted by Crippen LogP contribution is -1.99. The van der Waals surface area contributed by atoms with Gasteiger partial charge in [-0.05, 0) is 23.8 Å². The number of benzene rings is 2. The molecule has 2 rings (SSSR count). The van der Waals surface area contributed by atoms with Crippen LogP contribution >= 0.6 is 15.9 Å². The van der Waals surface area contributed by atoms with E-state index in [-0.39, 0.29) is 6.04 Å². The first kappa shape index (κ1) is 13.6. The van der Waals surface area contributed by atoms with E-state index in [0.717, 1.165) is 21.3 Å². The van der Waals surface area contributed by atoms with Crippen molar-refractivity contribution in [2.75, 3.05) is 0 Å². The van der Waals surface area contributed by atoms with Gasteiger partial charge in [0.15, 0.2) is 0 Å². The third-order valence-electron chi connectivity index (χ3n) is 2.85. The maximum Gasteiger partial charge on any atom is 0.249 e. The Kier molecular flexibility index (Phi) is 4.59. The van der Waals surface area contributed by atoms with Crippen LogP contribution in [0.4, 0.5) is 0 Å². The lowest BCUT2D eigenvalue weighted by atomic mass is 10.1. The minimum absolute atomic E-state index is 0.205. The topological polar surface area (TPSA) is 13.6 Å². The lowest BCUT2D eigenvalue weighted by Gasteiger charge is -2.11. The molecule has 0 aromatic heterocycles. The van der Waals surface area contributed by atoms with Crippen LogP contribution in [0.5, 0.6) is 5.75 Å².